The number of ether oxygens (including phenoxy) is 3. The van der Waals surface area contributed by atoms with Crippen LogP contribution in [0.5, 0.6) is 11.5 Å². The van der Waals surface area contributed by atoms with Gasteiger partial charge in [0.1, 0.15) is 13.2 Å². The molecule has 1 fully saturated rings. The summed E-state index contributed by atoms with van der Waals surface area (Å²) in [4.78, 5) is 14.4. The van der Waals surface area contributed by atoms with Crippen LogP contribution in [0.25, 0.3) is 0 Å². The Bertz CT molecular complexity index is 812. The minimum absolute atomic E-state index is 0.155. The Hall–Kier alpha value is -1.84. The van der Waals surface area contributed by atoms with E-state index in [2.05, 4.69) is 4.72 Å². The lowest BCUT2D eigenvalue weighted by atomic mass is 10.1. The first kappa shape index (κ1) is 22.8. The zero-order valence-corrected chi connectivity index (χ0v) is 18.4. The number of likely N-dealkylation sites (tertiary alicyclic amines) is 1. The topological polar surface area (TPSA) is 94.2 Å². The number of piperidine rings is 1. The average Bonchev–Trinajstić information content (AvgIpc) is 2.76. The summed E-state index contributed by atoms with van der Waals surface area (Å²) in [6.45, 7) is 5.34. The second-order valence-corrected chi connectivity index (χ2v) is 9.34. The second-order valence-electron chi connectivity index (χ2n) is 7.57. The standard InChI is InChI=1S/C21H32N2O6S/c1-2-27-17-7-6-12-23(16-17)21(24)8-4-3-5-11-22-30(25,26)18-9-10-19-20(15-18)29-14-13-28-19/h9-10,15,17,22H,2-8,11-14,16H2,1H3. The molecule has 168 valence electrons. The van der Waals surface area contributed by atoms with Gasteiger partial charge in [-0.05, 0) is 44.7 Å². The predicted octanol–water partition coefficient (Wildman–Crippen LogP) is 2.32. The summed E-state index contributed by atoms with van der Waals surface area (Å²) in [5.41, 5.74) is 0. The first-order valence-corrected chi connectivity index (χ1v) is 12.3. The summed E-state index contributed by atoms with van der Waals surface area (Å²) >= 11 is 0. The fourth-order valence-corrected chi connectivity index (χ4v) is 4.84. The Morgan fingerprint density at radius 1 is 1.20 bits per heavy atom. The lowest BCUT2D eigenvalue weighted by Crippen LogP contribution is -2.43. The predicted molar refractivity (Wildman–Crippen MR) is 112 cm³/mol. The van der Waals surface area contributed by atoms with Crippen LogP contribution in [-0.2, 0) is 19.6 Å². The van der Waals surface area contributed by atoms with Gasteiger partial charge in [-0.15, -0.1) is 0 Å². The lowest BCUT2D eigenvalue weighted by molar-refractivity contribution is -0.135. The van der Waals surface area contributed by atoms with Gasteiger partial charge >= 0.3 is 0 Å². The normalized spacial score (nSPS) is 19.0. The van der Waals surface area contributed by atoms with Crippen LogP contribution in [0.1, 0.15) is 45.4 Å². The fraction of sp³-hybridized carbons (Fsp3) is 0.667. The van der Waals surface area contributed by atoms with Gasteiger partial charge in [-0.25, -0.2) is 13.1 Å². The highest BCUT2D eigenvalue weighted by Crippen LogP contribution is 2.32. The molecule has 0 spiro atoms. The van der Waals surface area contributed by atoms with Gasteiger partial charge in [-0.1, -0.05) is 6.42 Å². The Kier molecular flexibility index (Phi) is 8.35. The molecule has 1 aromatic carbocycles. The quantitative estimate of drug-likeness (QED) is 0.561. The molecular weight excluding hydrogens is 408 g/mol. The van der Waals surface area contributed by atoms with Crippen molar-refractivity contribution in [2.45, 2.75) is 56.4 Å². The van der Waals surface area contributed by atoms with Crippen molar-refractivity contribution >= 4 is 15.9 Å². The van der Waals surface area contributed by atoms with E-state index in [0.717, 1.165) is 32.2 Å². The number of nitrogens with zero attached hydrogens (tertiary/aromatic N) is 1. The Balaban J connectivity index is 1.35. The molecular formula is C21H32N2O6S. The van der Waals surface area contributed by atoms with Crippen LogP contribution >= 0.6 is 0 Å². The zero-order chi connectivity index (χ0) is 21.4. The van der Waals surface area contributed by atoms with Crippen molar-refractivity contribution in [2.24, 2.45) is 0 Å². The molecule has 0 aromatic heterocycles. The fourth-order valence-electron chi connectivity index (χ4n) is 3.75. The van der Waals surface area contributed by atoms with Crippen LogP contribution in [-0.4, -0.2) is 64.8 Å². The Morgan fingerprint density at radius 2 is 2.00 bits per heavy atom. The highest BCUT2D eigenvalue weighted by Gasteiger charge is 2.23. The van der Waals surface area contributed by atoms with Gasteiger partial charge < -0.3 is 19.1 Å². The molecule has 1 atom stereocenters. The SMILES string of the molecule is CCOC1CCCN(C(=O)CCCCCNS(=O)(=O)c2ccc3c(c2)OCCO3)C1. The third-order valence-corrected chi connectivity index (χ3v) is 6.78. The molecule has 0 bridgehead atoms. The van der Waals surface area contributed by atoms with Crippen LogP contribution < -0.4 is 14.2 Å². The number of sulfonamides is 1. The number of hydrogen-bond donors (Lipinski definition) is 1. The molecule has 30 heavy (non-hydrogen) atoms. The van der Waals surface area contributed by atoms with Gasteiger partial charge in [-0.2, -0.15) is 0 Å². The number of nitrogens with one attached hydrogen (secondary N) is 1. The number of rotatable bonds is 10. The number of hydrogen-bond acceptors (Lipinski definition) is 6. The minimum Gasteiger partial charge on any atom is -0.486 e. The smallest absolute Gasteiger partial charge is 0.240 e. The first-order chi connectivity index (χ1) is 14.5. The van der Waals surface area contributed by atoms with E-state index in [1.807, 2.05) is 11.8 Å². The molecule has 3 rings (SSSR count). The summed E-state index contributed by atoms with van der Waals surface area (Å²) in [6.07, 6.45) is 4.87. The van der Waals surface area contributed by atoms with Crippen molar-refractivity contribution in [1.29, 1.82) is 0 Å². The molecule has 2 aliphatic rings. The van der Waals surface area contributed by atoms with E-state index in [9.17, 15) is 13.2 Å². The number of amides is 1. The largest absolute Gasteiger partial charge is 0.486 e. The maximum atomic E-state index is 12.5. The molecule has 2 aliphatic heterocycles. The van der Waals surface area contributed by atoms with Crippen molar-refractivity contribution in [1.82, 2.24) is 9.62 Å². The zero-order valence-electron chi connectivity index (χ0n) is 17.6. The van der Waals surface area contributed by atoms with Crippen molar-refractivity contribution in [2.75, 3.05) is 39.5 Å². The van der Waals surface area contributed by atoms with Crippen molar-refractivity contribution in [3.63, 3.8) is 0 Å². The monoisotopic (exact) mass is 440 g/mol. The summed E-state index contributed by atoms with van der Waals surface area (Å²) in [6, 6.07) is 4.62. The van der Waals surface area contributed by atoms with Crippen molar-refractivity contribution < 1.29 is 27.4 Å². The average molecular weight is 441 g/mol. The van der Waals surface area contributed by atoms with Gasteiger partial charge in [0.15, 0.2) is 11.5 Å². The summed E-state index contributed by atoms with van der Waals surface area (Å²) in [5.74, 6) is 1.18. The third-order valence-electron chi connectivity index (χ3n) is 5.32. The third kappa shape index (κ3) is 6.33. The molecule has 0 radical (unpaired) electrons. The maximum Gasteiger partial charge on any atom is 0.240 e. The van der Waals surface area contributed by atoms with Crippen LogP contribution in [0.2, 0.25) is 0 Å². The summed E-state index contributed by atoms with van der Waals surface area (Å²) in [5, 5.41) is 0. The van der Waals surface area contributed by atoms with Gasteiger partial charge in [-0.3, -0.25) is 4.79 Å². The Labute approximate surface area is 178 Å². The highest BCUT2D eigenvalue weighted by molar-refractivity contribution is 7.89. The van der Waals surface area contributed by atoms with E-state index >= 15 is 0 Å². The molecule has 1 amide bonds. The number of fused-ring (bicyclic) bond motifs is 1. The van der Waals surface area contributed by atoms with Gasteiger partial charge in [0, 0.05) is 38.7 Å². The number of carbonyl (C=O) groups excluding carboxylic acids is 1. The van der Waals surface area contributed by atoms with Crippen LogP contribution in [0.3, 0.4) is 0 Å². The van der Waals surface area contributed by atoms with Gasteiger partial charge in [0.05, 0.1) is 11.0 Å². The number of unbranched alkanes of at least 4 members (excludes halogenated alkanes) is 2. The van der Waals surface area contributed by atoms with Crippen molar-refractivity contribution in [3.8, 4) is 11.5 Å². The first-order valence-electron chi connectivity index (χ1n) is 10.8. The summed E-state index contributed by atoms with van der Waals surface area (Å²) < 4.78 is 44.1. The molecule has 1 aromatic rings. The molecule has 9 heteroatoms. The van der Waals surface area contributed by atoms with E-state index in [1.54, 1.807) is 6.07 Å². The van der Waals surface area contributed by atoms with Crippen LogP contribution in [0.15, 0.2) is 23.1 Å². The number of benzene rings is 1. The second kappa shape index (κ2) is 11.0. The van der Waals surface area contributed by atoms with Gasteiger partial charge in [0.2, 0.25) is 15.9 Å². The molecule has 0 aliphatic carbocycles. The maximum absolute atomic E-state index is 12.5. The number of carbonyl (C=O) groups is 1. The Morgan fingerprint density at radius 3 is 2.80 bits per heavy atom. The van der Waals surface area contributed by atoms with E-state index in [0.29, 0.717) is 57.3 Å². The highest BCUT2D eigenvalue weighted by atomic mass is 32.2. The van der Waals surface area contributed by atoms with E-state index in [4.69, 9.17) is 14.2 Å². The molecule has 2 heterocycles. The van der Waals surface area contributed by atoms with E-state index < -0.39 is 10.0 Å². The molecule has 0 saturated carbocycles. The lowest BCUT2D eigenvalue weighted by Gasteiger charge is -2.32. The van der Waals surface area contributed by atoms with Crippen LogP contribution in [0, 0.1) is 0 Å². The molecule has 1 unspecified atom stereocenters. The molecule has 1 N–H and O–H groups in total. The van der Waals surface area contributed by atoms with Crippen molar-refractivity contribution in [3.05, 3.63) is 18.2 Å². The van der Waals surface area contributed by atoms with E-state index in [1.165, 1.54) is 12.1 Å². The minimum atomic E-state index is -3.60. The van der Waals surface area contributed by atoms with Crippen LogP contribution in [0.4, 0.5) is 0 Å². The van der Waals surface area contributed by atoms with Gasteiger partial charge in [0.25, 0.3) is 0 Å². The molecule has 8 nitrogen and oxygen atoms in total. The molecule has 1 saturated heterocycles. The summed E-state index contributed by atoms with van der Waals surface area (Å²) in [7, 11) is -3.60. The van der Waals surface area contributed by atoms with E-state index in [-0.39, 0.29) is 16.9 Å².